The summed E-state index contributed by atoms with van der Waals surface area (Å²) in [6, 6.07) is 17.7. The van der Waals surface area contributed by atoms with E-state index in [0.29, 0.717) is 11.3 Å². The van der Waals surface area contributed by atoms with Crippen molar-refractivity contribution in [2.45, 2.75) is 0 Å². The number of amides is 2. The number of hydrogen-bond donors (Lipinski definition) is 2. The van der Waals surface area contributed by atoms with Crippen molar-refractivity contribution in [2.75, 3.05) is 26.1 Å². The minimum absolute atomic E-state index is 0.00626. The average Bonchev–Trinajstić information content (AvgIpc) is 2.84. The number of nitrogens with one attached hydrogen (secondary N) is 2. The second-order valence-electron chi connectivity index (χ2n) is 7.69. The Morgan fingerprint density at radius 2 is 1.64 bits per heavy atom. The molecule has 3 aromatic carbocycles. The zero-order valence-corrected chi connectivity index (χ0v) is 23.6. The molecule has 0 bridgehead atoms. The topological polar surface area (TPSA) is 83.0 Å². The van der Waals surface area contributed by atoms with Gasteiger partial charge in [-0.1, -0.05) is 35.9 Å². The second kappa shape index (κ2) is 12.7. The van der Waals surface area contributed by atoms with Crippen LogP contribution in [-0.2, 0) is 4.79 Å². The van der Waals surface area contributed by atoms with Crippen LogP contribution in [0.25, 0.3) is 6.08 Å². The summed E-state index contributed by atoms with van der Waals surface area (Å²) in [4.78, 5) is 27.8. The van der Waals surface area contributed by atoms with Gasteiger partial charge in [0.25, 0.3) is 11.8 Å². The van der Waals surface area contributed by atoms with Crippen LogP contribution in [0.5, 0.6) is 5.75 Å². The molecule has 2 N–H and O–H groups in total. The summed E-state index contributed by atoms with van der Waals surface area (Å²) >= 11 is 13.0. The van der Waals surface area contributed by atoms with Gasteiger partial charge in [-0.2, -0.15) is 5.10 Å². The Bertz CT molecular complexity index is 1300. The second-order valence-corrected chi connectivity index (χ2v) is 9.81. The number of methoxy groups -OCH3 is 1. The fourth-order valence-electron chi connectivity index (χ4n) is 3.10. The van der Waals surface area contributed by atoms with Gasteiger partial charge in [-0.3, -0.25) is 9.59 Å². The fourth-order valence-corrected chi connectivity index (χ4v) is 4.87. The van der Waals surface area contributed by atoms with E-state index in [1.165, 1.54) is 6.21 Å². The number of rotatable bonds is 8. The highest BCUT2D eigenvalue weighted by molar-refractivity contribution is 9.11. The SMILES string of the molecule is COc1c(Br)cc(C=NNC(=O)C(=Cc2ccc(N(C)C)cc2)NC(=O)c2ccccc2Cl)cc1Br. The molecule has 0 aliphatic carbocycles. The van der Waals surface area contributed by atoms with Crippen LogP contribution in [0.3, 0.4) is 0 Å². The van der Waals surface area contributed by atoms with Gasteiger partial charge < -0.3 is 15.0 Å². The molecule has 0 aromatic heterocycles. The first-order valence-electron chi connectivity index (χ1n) is 10.6. The van der Waals surface area contributed by atoms with Gasteiger partial charge in [-0.15, -0.1) is 0 Å². The Morgan fingerprint density at radius 1 is 1.00 bits per heavy atom. The Balaban J connectivity index is 1.85. The summed E-state index contributed by atoms with van der Waals surface area (Å²) < 4.78 is 6.74. The number of anilines is 1. The van der Waals surface area contributed by atoms with E-state index in [-0.39, 0.29) is 16.3 Å². The Kier molecular flexibility index (Phi) is 9.69. The first kappa shape index (κ1) is 27.4. The molecule has 0 aliphatic rings. The largest absolute Gasteiger partial charge is 0.494 e. The zero-order chi connectivity index (χ0) is 26.2. The molecule has 0 atom stereocenters. The third kappa shape index (κ3) is 7.19. The highest BCUT2D eigenvalue weighted by atomic mass is 79.9. The molecule has 0 radical (unpaired) electrons. The van der Waals surface area contributed by atoms with Gasteiger partial charge in [0.2, 0.25) is 0 Å². The van der Waals surface area contributed by atoms with Gasteiger partial charge in [-0.25, -0.2) is 5.43 Å². The van der Waals surface area contributed by atoms with E-state index in [0.717, 1.165) is 20.2 Å². The molecule has 0 heterocycles. The molecule has 7 nitrogen and oxygen atoms in total. The molecule has 2 amide bonds. The monoisotopic (exact) mass is 632 g/mol. The standard InChI is InChI=1S/C26H23Br2ClN4O3/c1-33(2)18-10-8-16(9-11-18)14-23(31-25(34)19-6-4-5-7-22(19)29)26(35)32-30-15-17-12-20(27)24(36-3)21(28)13-17/h4-15H,1-3H3,(H,31,34)(H,32,35). The lowest BCUT2D eigenvalue weighted by atomic mass is 10.1. The number of ether oxygens (including phenoxy) is 1. The van der Waals surface area contributed by atoms with Crippen molar-refractivity contribution < 1.29 is 14.3 Å². The summed E-state index contributed by atoms with van der Waals surface area (Å²) in [6.07, 6.45) is 3.05. The molecule has 10 heteroatoms. The maximum absolute atomic E-state index is 13.0. The lowest BCUT2D eigenvalue weighted by Gasteiger charge is -2.13. The van der Waals surface area contributed by atoms with Gasteiger partial charge in [0.15, 0.2) is 0 Å². The molecule has 0 fully saturated rings. The van der Waals surface area contributed by atoms with E-state index < -0.39 is 11.8 Å². The molecule has 36 heavy (non-hydrogen) atoms. The first-order chi connectivity index (χ1) is 17.2. The van der Waals surface area contributed by atoms with Crippen molar-refractivity contribution in [1.82, 2.24) is 10.7 Å². The molecule has 0 saturated carbocycles. The smallest absolute Gasteiger partial charge is 0.287 e. The third-order valence-corrected chi connectivity index (χ3v) is 6.44. The van der Waals surface area contributed by atoms with Crippen LogP contribution in [0.15, 0.2) is 80.4 Å². The molecular weight excluding hydrogens is 612 g/mol. The van der Waals surface area contributed by atoms with Crippen LogP contribution in [0.4, 0.5) is 5.69 Å². The van der Waals surface area contributed by atoms with E-state index in [9.17, 15) is 9.59 Å². The van der Waals surface area contributed by atoms with Crippen molar-refractivity contribution in [2.24, 2.45) is 5.10 Å². The Labute approximate surface area is 231 Å². The molecular formula is C26H23Br2ClN4O3. The summed E-state index contributed by atoms with van der Waals surface area (Å²) in [6.45, 7) is 0. The normalized spacial score (nSPS) is 11.3. The van der Waals surface area contributed by atoms with Crippen molar-refractivity contribution in [3.05, 3.63) is 97.0 Å². The number of nitrogens with zero attached hydrogens (tertiary/aromatic N) is 2. The van der Waals surface area contributed by atoms with E-state index >= 15 is 0 Å². The van der Waals surface area contributed by atoms with Gasteiger partial charge in [0, 0.05) is 19.8 Å². The average molecular weight is 635 g/mol. The number of hydrogen-bond acceptors (Lipinski definition) is 5. The minimum Gasteiger partial charge on any atom is -0.494 e. The highest BCUT2D eigenvalue weighted by Gasteiger charge is 2.16. The third-order valence-electron chi connectivity index (χ3n) is 4.94. The molecule has 3 aromatic rings. The zero-order valence-electron chi connectivity index (χ0n) is 19.7. The number of carbonyl (C=O) groups is 2. The fraction of sp³-hybridized carbons (Fsp3) is 0.115. The number of benzene rings is 3. The van der Waals surface area contributed by atoms with Crippen LogP contribution in [0, 0.1) is 0 Å². The van der Waals surface area contributed by atoms with Gasteiger partial charge >= 0.3 is 0 Å². The van der Waals surface area contributed by atoms with Crippen molar-refractivity contribution in [3.8, 4) is 5.75 Å². The predicted molar refractivity (Wildman–Crippen MR) is 152 cm³/mol. The highest BCUT2D eigenvalue weighted by Crippen LogP contribution is 2.33. The van der Waals surface area contributed by atoms with Crippen LogP contribution in [-0.4, -0.2) is 39.2 Å². The number of carbonyl (C=O) groups excluding carboxylic acids is 2. The molecule has 0 aliphatic heterocycles. The lowest BCUT2D eigenvalue weighted by Crippen LogP contribution is -2.33. The van der Waals surface area contributed by atoms with E-state index in [4.69, 9.17) is 16.3 Å². The van der Waals surface area contributed by atoms with E-state index in [2.05, 4.69) is 47.7 Å². The number of halogens is 3. The van der Waals surface area contributed by atoms with Crippen LogP contribution >= 0.6 is 43.5 Å². The van der Waals surface area contributed by atoms with E-state index in [1.54, 1.807) is 49.6 Å². The molecule has 0 unspecified atom stereocenters. The van der Waals surface area contributed by atoms with Crippen molar-refractivity contribution in [3.63, 3.8) is 0 Å². The van der Waals surface area contributed by atoms with Crippen molar-refractivity contribution in [1.29, 1.82) is 0 Å². The summed E-state index contributed by atoms with van der Waals surface area (Å²) in [5, 5.41) is 6.97. The maximum Gasteiger partial charge on any atom is 0.287 e. The summed E-state index contributed by atoms with van der Waals surface area (Å²) in [5.74, 6) is -0.474. The van der Waals surface area contributed by atoms with Crippen molar-refractivity contribution >= 4 is 73.3 Å². The first-order valence-corrected chi connectivity index (χ1v) is 12.6. The molecule has 3 rings (SSSR count). The van der Waals surface area contributed by atoms with Crippen LogP contribution in [0.2, 0.25) is 5.02 Å². The molecule has 0 saturated heterocycles. The van der Waals surface area contributed by atoms with Crippen LogP contribution < -0.4 is 20.4 Å². The minimum atomic E-state index is -0.602. The Hall–Kier alpha value is -3.14. The summed E-state index contributed by atoms with van der Waals surface area (Å²) in [7, 11) is 5.44. The summed E-state index contributed by atoms with van der Waals surface area (Å²) in [5.41, 5.74) is 5.15. The lowest BCUT2D eigenvalue weighted by molar-refractivity contribution is -0.117. The van der Waals surface area contributed by atoms with Crippen LogP contribution in [0.1, 0.15) is 21.5 Å². The van der Waals surface area contributed by atoms with Gasteiger partial charge in [-0.05, 0) is 85.5 Å². The van der Waals surface area contributed by atoms with Gasteiger partial charge in [0.1, 0.15) is 11.4 Å². The van der Waals surface area contributed by atoms with E-state index in [1.807, 2.05) is 43.3 Å². The predicted octanol–water partition coefficient (Wildman–Crippen LogP) is 5.86. The molecule has 186 valence electrons. The van der Waals surface area contributed by atoms with Gasteiger partial charge in [0.05, 0.1) is 32.9 Å². The quantitative estimate of drug-likeness (QED) is 0.185. The maximum atomic E-state index is 13.0. The molecule has 0 spiro atoms. The number of hydrazone groups is 1. The Morgan fingerprint density at radius 3 is 2.22 bits per heavy atom.